The highest BCUT2D eigenvalue weighted by Crippen LogP contribution is 2.27. The number of nitrogens with two attached hydrogens (primary N) is 1. The lowest BCUT2D eigenvalue weighted by Crippen LogP contribution is -1.96. The van der Waals surface area contributed by atoms with Crippen molar-refractivity contribution >= 4 is 38.4 Å². The molecule has 28 heavy (non-hydrogen) atoms. The molecule has 3 heteroatoms. The smallest absolute Gasteiger partial charge is 0.150 e. The molecule has 0 fully saturated rings. The number of rotatable bonds is 0. The van der Waals surface area contributed by atoms with Gasteiger partial charge in [-0.05, 0) is 47.5 Å². The van der Waals surface area contributed by atoms with Crippen LogP contribution in [0.5, 0.6) is 0 Å². The molecule has 132 valence electrons. The monoisotopic (exact) mass is 359 g/mol. The second-order valence-electron chi connectivity index (χ2n) is 6.95. The number of pyridine rings is 2. The fraction of sp³-hybridized carbons (Fsp3) is 0.0400. The molecule has 0 aliphatic carbocycles. The topological polar surface area (TPSA) is 51.8 Å². The first-order valence-electron chi connectivity index (χ1n) is 9.14. The number of hydrogen-bond acceptors (Lipinski definition) is 3. The van der Waals surface area contributed by atoms with Crippen molar-refractivity contribution in [3.8, 4) is 11.8 Å². The summed E-state index contributed by atoms with van der Waals surface area (Å²) >= 11 is 0. The summed E-state index contributed by atoms with van der Waals surface area (Å²) in [6, 6.07) is 22.8. The van der Waals surface area contributed by atoms with E-state index in [0.717, 1.165) is 33.0 Å². The van der Waals surface area contributed by atoms with Crippen molar-refractivity contribution < 1.29 is 0 Å². The van der Waals surface area contributed by atoms with Crippen LogP contribution in [0.25, 0.3) is 32.6 Å². The van der Waals surface area contributed by atoms with E-state index >= 15 is 0 Å². The van der Waals surface area contributed by atoms with Crippen LogP contribution in [0.1, 0.15) is 16.7 Å². The molecule has 0 saturated carbocycles. The molecule has 3 nitrogen and oxygen atoms in total. The molecule has 0 saturated heterocycles. The average Bonchev–Trinajstić information content (AvgIpc) is 2.72. The molecule has 2 N–H and O–H groups in total. The fourth-order valence-electron chi connectivity index (χ4n) is 3.50. The van der Waals surface area contributed by atoms with Gasteiger partial charge in [-0.15, -0.1) is 0 Å². The number of aromatic nitrogens is 2. The second-order valence-corrected chi connectivity index (χ2v) is 6.95. The van der Waals surface area contributed by atoms with Crippen LogP contribution in [0.15, 0.2) is 72.9 Å². The van der Waals surface area contributed by atoms with Gasteiger partial charge in [-0.1, -0.05) is 54.3 Å². The van der Waals surface area contributed by atoms with Crippen LogP contribution in [0.2, 0.25) is 0 Å². The van der Waals surface area contributed by atoms with Crippen LogP contribution in [0.3, 0.4) is 0 Å². The SMILES string of the molecule is Cc1ccc2c(c1)nc(N)c1ncc(C#Cc3ccc4ccccc4c3)cc12. The van der Waals surface area contributed by atoms with Gasteiger partial charge in [0.1, 0.15) is 5.52 Å². The summed E-state index contributed by atoms with van der Waals surface area (Å²) in [6.45, 7) is 2.05. The number of anilines is 1. The van der Waals surface area contributed by atoms with Gasteiger partial charge in [0.25, 0.3) is 0 Å². The number of nitrogen functional groups attached to an aromatic ring is 1. The largest absolute Gasteiger partial charge is 0.382 e. The van der Waals surface area contributed by atoms with Crippen LogP contribution in [-0.2, 0) is 0 Å². The van der Waals surface area contributed by atoms with Gasteiger partial charge in [-0.3, -0.25) is 4.98 Å². The Hall–Kier alpha value is -3.90. The van der Waals surface area contributed by atoms with Gasteiger partial charge < -0.3 is 5.73 Å². The Balaban J connectivity index is 1.63. The molecule has 5 aromatic rings. The zero-order valence-corrected chi connectivity index (χ0v) is 15.4. The summed E-state index contributed by atoms with van der Waals surface area (Å²) in [6.07, 6.45) is 1.76. The zero-order chi connectivity index (χ0) is 19.1. The Kier molecular flexibility index (Phi) is 3.70. The molecule has 0 aliphatic rings. The molecular weight excluding hydrogens is 342 g/mol. The molecule has 0 bridgehead atoms. The number of benzene rings is 3. The van der Waals surface area contributed by atoms with Gasteiger partial charge in [-0.25, -0.2) is 4.98 Å². The van der Waals surface area contributed by atoms with E-state index in [0.29, 0.717) is 11.3 Å². The first-order valence-corrected chi connectivity index (χ1v) is 9.14. The van der Waals surface area contributed by atoms with Crippen molar-refractivity contribution in [1.82, 2.24) is 9.97 Å². The standard InChI is InChI=1S/C25H17N3/c1-16-6-11-21-22-14-18(15-27-24(22)25(26)28-23(21)12-16)8-7-17-9-10-19-4-2-3-5-20(19)13-17/h2-6,9-15H,1H3,(H2,26,28). The lowest BCUT2D eigenvalue weighted by molar-refractivity contribution is 1.34. The molecule has 0 aliphatic heterocycles. The lowest BCUT2D eigenvalue weighted by atomic mass is 10.1. The van der Waals surface area contributed by atoms with Gasteiger partial charge in [0.15, 0.2) is 5.82 Å². The summed E-state index contributed by atoms with van der Waals surface area (Å²) < 4.78 is 0. The first kappa shape index (κ1) is 16.3. The van der Waals surface area contributed by atoms with Crippen LogP contribution in [-0.4, -0.2) is 9.97 Å². The zero-order valence-electron chi connectivity index (χ0n) is 15.4. The van der Waals surface area contributed by atoms with Gasteiger partial charge in [0.2, 0.25) is 0 Å². The highest BCUT2D eigenvalue weighted by atomic mass is 14.9. The molecule has 2 aromatic heterocycles. The van der Waals surface area contributed by atoms with Crippen molar-refractivity contribution in [1.29, 1.82) is 0 Å². The predicted octanol–water partition coefficient (Wildman–Crippen LogP) is 5.23. The molecule has 3 aromatic carbocycles. The van der Waals surface area contributed by atoms with E-state index in [1.807, 2.05) is 37.3 Å². The number of hydrogen-bond donors (Lipinski definition) is 1. The number of aryl methyl sites for hydroxylation is 1. The molecule has 0 radical (unpaired) electrons. The van der Waals surface area contributed by atoms with E-state index in [2.05, 4.69) is 58.2 Å². The highest BCUT2D eigenvalue weighted by molar-refractivity contribution is 6.08. The second kappa shape index (κ2) is 6.37. The maximum atomic E-state index is 6.13. The normalized spacial score (nSPS) is 10.9. The van der Waals surface area contributed by atoms with E-state index in [1.54, 1.807) is 6.20 Å². The fourth-order valence-corrected chi connectivity index (χ4v) is 3.50. The molecule has 0 unspecified atom stereocenters. The minimum Gasteiger partial charge on any atom is -0.382 e. The van der Waals surface area contributed by atoms with E-state index in [-0.39, 0.29) is 0 Å². The lowest BCUT2D eigenvalue weighted by Gasteiger charge is -2.07. The minimum absolute atomic E-state index is 0.446. The molecule has 0 amide bonds. The average molecular weight is 359 g/mol. The first-order chi connectivity index (χ1) is 13.7. The third-order valence-corrected chi connectivity index (χ3v) is 4.92. The Morgan fingerprint density at radius 1 is 0.786 bits per heavy atom. The van der Waals surface area contributed by atoms with Crippen LogP contribution in [0, 0.1) is 18.8 Å². The van der Waals surface area contributed by atoms with Gasteiger partial charge in [0, 0.05) is 28.1 Å². The van der Waals surface area contributed by atoms with Crippen molar-refractivity contribution in [3.05, 3.63) is 89.6 Å². The Bertz CT molecular complexity index is 1440. The molecule has 2 heterocycles. The quantitative estimate of drug-likeness (QED) is 0.304. The summed E-state index contributed by atoms with van der Waals surface area (Å²) in [4.78, 5) is 9.02. The third-order valence-electron chi connectivity index (χ3n) is 4.92. The third kappa shape index (κ3) is 2.82. The van der Waals surface area contributed by atoms with Crippen molar-refractivity contribution in [2.24, 2.45) is 0 Å². The van der Waals surface area contributed by atoms with Crippen LogP contribution in [0.4, 0.5) is 5.82 Å². The van der Waals surface area contributed by atoms with Gasteiger partial charge in [0.05, 0.1) is 5.52 Å². The Morgan fingerprint density at radius 3 is 2.50 bits per heavy atom. The summed E-state index contributed by atoms with van der Waals surface area (Å²) in [7, 11) is 0. The van der Waals surface area contributed by atoms with Gasteiger partial charge >= 0.3 is 0 Å². The van der Waals surface area contributed by atoms with Crippen LogP contribution >= 0.6 is 0 Å². The van der Waals surface area contributed by atoms with Crippen molar-refractivity contribution in [2.45, 2.75) is 6.92 Å². The molecule has 0 atom stereocenters. The number of nitrogens with zero attached hydrogens (tertiary/aromatic N) is 2. The molecule has 5 rings (SSSR count). The minimum atomic E-state index is 0.446. The summed E-state index contributed by atoms with van der Waals surface area (Å²) in [5.41, 5.74) is 10.7. The Labute approximate surface area is 162 Å². The highest BCUT2D eigenvalue weighted by Gasteiger charge is 2.08. The van der Waals surface area contributed by atoms with Gasteiger partial charge in [-0.2, -0.15) is 0 Å². The predicted molar refractivity (Wildman–Crippen MR) is 116 cm³/mol. The van der Waals surface area contributed by atoms with Crippen LogP contribution < -0.4 is 5.73 Å². The van der Waals surface area contributed by atoms with E-state index in [1.165, 1.54) is 10.8 Å². The van der Waals surface area contributed by atoms with Crippen molar-refractivity contribution in [3.63, 3.8) is 0 Å². The van der Waals surface area contributed by atoms with Crippen molar-refractivity contribution in [2.75, 3.05) is 5.73 Å². The van der Waals surface area contributed by atoms with E-state index in [4.69, 9.17) is 5.73 Å². The Morgan fingerprint density at radius 2 is 1.61 bits per heavy atom. The van der Waals surface area contributed by atoms with E-state index in [9.17, 15) is 0 Å². The summed E-state index contributed by atoms with van der Waals surface area (Å²) in [5.74, 6) is 6.94. The summed E-state index contributed by atoms with van der Waals surface area (Å²) in [5, 5.41) is 4.42. The van der Waals surface area contributed by atoms with E-state index < -0.39 is 0 Å². The molecule has 0 spiro atoms. The molecular formula is C25H17N3. The maximum Gasteiger partial charge on any atom is 0.150 e. The maximum absolute atomic E-state index is 6.13. The number of fused-ring (bicyclic) bond motifs is 4.